The lowest BCUT2D eigenvalue weighted by Crippen LogP contribution is -2.37. The third-order valence-electron chi connectivity index (χ3n) is 5.44. The van der Waals surface area contributed by atoms with Gasteiger partial charge in [-0.2, -0.15) is 0 Å². The highest BCUT2D eigenvalue weighted by molar-refractivity contribution is 7.10. The number of nitrogens with zero attached hydrogens (tertiary/aromatic N) is 2. The minimum atomic E-state index is -0.229. The normalized spacial score (nSPS) is 15.0. The Hall–Kier alpha value is -3.22. The molecule has 1 atom stereocenters. The molecule has 0 saturated carbocycles. The summed E-state index contributed by atoms with van der Waals surface area (Å²) in [5.41, 5.74) is 3.74. The lowest BCUT2D eigenvalue weighted by molar-refractivity contribution is 0.195. The van der Waals surface area contributed by atoms with Crippen LogP contribution in [0, 0.1) is 0 Å². The third-order valence-corrected chi connectivity index (χ3v) is 6.60. The molecular formula is C24H20ClN3O2S. The van der Waals surface area contributed by atoms with Crippen LogP contribution in [0.25, 0.3) is 5.69 Å². The van der Waals surface area contributed by atoms with E-state index in [9.17, 15) is 4.79 Å². The first kappa shape index (κ1) is 19.7. The summed E-state index contributed by atoms with van der Waals surface area (Å²) in [6.45, 7) is 0.467. The highest BCUT2D eigenvalue weighted by Crippen LogP contribution is 2.39. The molecular weight excluding hydrogens is 430 g/mol. The zero-order valence-corrected chi connectivity index (χ0v) is 18.4. The molecule has 2 amide bonds. The van der Waals surface area contributed by atoms with Crippen molar-refractivity contribution in [2.75, 3.05) is 12.4 Å². The summed E-state index contributed by atoms with van der Waals surface area (Å²) in [6, 6.07) is 21.1. The van der Waals surface area contributed by atoms with Crippen molar-refractivity contribution in [3.8, 4) is 11.4 Å². The first-order valence-corrected chi connectivity index (χ1v) is 11.1. The van der Waals surface area contributed by atoms with Crippen LogP contribution in [-0.2, 0) is 6.54 Å². The molecule has 4 aromatic rings. The molecule has 2 aromatic heterocycles. The number of amides is 2. The van der Waals surface area contributed by atoms with Crippen molar-refractivity contribution in [2.45, 2.75) is 12.6 Å². The van der Waals surface area contributed by atoms with Gasteiger partial charge in [-0.25, -0.2) is 4.79 Å². The van der Waals surface area contributed by atoms with Crippen LogP contribution in [0.2, 0.25) is 5.02 Å². The second-order valence-corrected chi connectivity index (χ2v) is 8.67. The lowest BCUT2D eigenvalue weighted by Gasteiger charge is -2.30. The fraction of sp³-hybridized carbons (Fsp3) is 0.125. The second-order valence-electron chi connectivity index (χ2n) is 7.25. The van der Waals surface area contributed by atoms with E-state index >= 15 is 0 Å². The van der Waals surface area contributed by atoms with Gasteiger partial charge in [0.05, 0.1) is 30.7 Å². The quantitative estimate of drug-likeness (QED) is 0.396. The van der Waals surface area contributed by atoms with Crippen molar-refractivity contribution in [3.63, 3.8) is 0 Å². The van der Waals surface area contributed by atoms with Gasteiger partial charge < -0.3 is 19.5 Å². The Morgan fingerprint density at radius 3 is 2.81 bits per heavy atom. The van der Waals surface area contributed by atoms with Crippen molar-refractivity contribution in [1.82, 2.24) is 9.47 Å². The highest BCUT2D eigenvalue weighted by atomic mass is 35.5. The van der Waals surface area contributed by atoms with E-state index in [1.54, 1.807) is 36.6 Å². The van der Waals surface area contributed by atoms with Gasteiger partial charge in [0.15, 0.2) is 0 Å². The van der Waals surface area contributed by atoms with Crippen LogP contribution in [0.1, 0.15) is 22.2 Å². The molecule has 0 unspecified atom stereocenters. The number of anilines is 1. The Kier molecular flexibility index (Phi) is 5.18. The van der Waals surface area contributed by atoms with Gasteiger partial charge in [0, 0.05) is 16.1 Å². The number of ether oxygens (including phenoxy) is 1. The van der Waals surface area contributed by atoms with Gasteiger partial charge in [-0.3, -0.25) is 0 Å². The van der Waals surface area contributed by atoms with Crippen LogP contribution in [0.5, 0.6) is 5.75 Å². The molecule has 0 bridgehead atoms. The lowest BCUT2D eigenvalue weighted by atomic mass is 10.1. The fourth-order valence-electron chi connectivity index (χ4n) is 4.05. The van der Waals surface area contributed by atoms with Crippen LogP contribution in [0.3, 0.4) is 0 Å². The Balaban J connectivity index is 1.61. The van der Waals surface area contributed by atoms with Gasteiger partial charge >= 0.3 is 6.03 Å². The number of urea groups is 1. The molecule has 1 aliphatic heterocycles. The summed E-state index contributed by atoms with van der Waals surface area (Å²) in [4.78, 5) is 16.6. The summed E-state index contributed by atoms with van der Waals surface area (Å²) in [7, 11) is 1.57. The number of hydrogen-bond acceptors (Lipinski definition) is 3. The van der Waals surface area contributed by atoms with Gasteiger partial charge in [-0.05, 0) is 53.4 Å². The van der Waals surface area contributed by atoms with E-state index in [1.165, 1.54) is 0 Å². The smallest absolute Gasteiger partial charge is 0.323 e. The number of rotatable bonds is 3. The van der Waals surface area contributed by atoms with E-state index in [0.717, 1.165) is 21.8 Å². The molecule has 5 nitrogen and oxygen atoms in total. The molecule has 31 heavy (non-hydrogen) atoms. The van der Waals surface area contributed by atoms with E-state index in [2.05, 4.69) is 40.3 Å². The van der Waals surface area contributed by atoms with Gasteiger partial charge in [0.2, 0.25) is 0 Å². The average molecular weight is 450 g/mol. The number of para-hydroxylation sites is 1. The summed E-state index contributed by atoms with van der Waals surface area (Å²) < 4.78 is 7.59. The Bertz CT molecular complexity index is 1240. The summed E-state index contributed by atoms with van der Waals surface area (Å²) >= 11 is 7.82. The molecule has 3 heterocycles. The van der Waals surface area contributed by atoms with Crippen molar-refractivity contribution in [3.05, 3.63) is 99.5 Å². The van der Waals surface area contributed by atoms with E-state index in [1.807, 2.05) is 34.5 Å². The number of nitrogens with one attached hydrogen (secondary N) is 1. The zero-order chi connectivity index (χ0) is 21.4. The minimum absolute atomic E-state index is 0.219. The molecule has 0 saturated heterocycles. The van der Waals surface area contributed by atoms with Crippen LogP contribution in [0.4, 0.5) is 10.5 Å². The Labute approximate surface area is 189 Å². The first-order chi connectivity index (χ1) is 15.2. The molecule has 0 spiro atoms. The molecule has 156 valence electrons. The standard InChI is InChI=1S/C24H20ClN3O2S/c1-30-21-11-10-17(25)14-18(21)26-24(29)28-15-16-6-2-3-7-19(16)27-12-4-8-20(27)23(28)22-9-5-13-31-22/h2-14,23H,15H2,1H3,(H,26,29)/t23-/m0/s1. The van der Waals surface area contributed by atoms with Gasteiger partial charge in [-0.1, -0.05) is 35.9 Å². The number of carbonyl (C=O) groups excluding carboxylic acids is 1. The van der Waals surface area contributed by atoms with Crippen molar-refractivity contribution in [2.24, 2.45) is 0 Å². The number of aromatic nitrogens is 1. The number of methoxy groups -OCH3 is 1. The number of benzene rings is 2. The topological polar surface area (TPSA) is 46.5 Å². The first-order valence-electron chi connectivity index (χ1n) is 9.86. The maximum atomic E-state index is 13.7. The van der Waals surface area contributed by atoms with Crippen molar-refractivity contribution < 1.29 is 9.53 Å². The fourth-order valence-corrected chi connectivity index (χ4v) is 5.07. The summed E-state index contributed by atoms with van der Waals surface area (Å²) in [5, 5.41) is 5.59. The van der Waals surface area contributed by atoms with E-state index in [0.29, 0.717) is 23.0 Å². The van der Waals surface area contributed by atoms with Crippen LogP contribution < -0.4 is 10.1 Å². The molecule has 5 rings (SSSR count). The number of halogens is 1. The predicted molar refractivity (Wildman–Crippen MR) is 124 cm³/mol. The van der Waals surface area contributed by atoms with Crippen LogP contribution in [-0.4, -0.2) is 22.6 Å². The summed E-state index contributed by atoms with van der Waals surface area (Å²) in [6.07, 6.45) is 2.05. The minimum Gasteiger partial charge on any atom is -0.495 e. The van der Waals surface area contributed by atoms with Crippen LogP contribution >= 0.6 is 22.9 Å². The molecule has 0 aliphatic carbocycles. The third kappa shape index (κ3) is 3.58. The molecule has 2 aromatic carbocycles. The van der Waals surface area contributed by atoms with E-state index in [-0.39, 0.29) is 12.1 Å². The predicted octanol–water partition coefficient (Wildman–Crippen LogP) is 6.34. The summed E-state index contributed by atoms with van der Waals surface area (Å²) in [5.74, 6) is 0.559. The van der Waals surface area contributed by atoms with Gasteiger partial charge in [0.25, 0.3) is 0 Å². The van der Waals surface area contributed by atoms with Gasteiger partial charge in [-0.15, -0.1) is 11.3 Å². The molecule has 1 N–H and O–H groups in total. The largest absolute Gasteiger partial charge is 0.495 e. The van der Waals surface area contributed by atoms with Crippen LogP contribution in [0.15, 0.2) is 78.3 Å². The monoisotopic (exact) mass is 449 g/mol. The Morgan fingerprint density at radius 1 is 1.13 bits per heavy atom. The molecule has 7 heteroatoms. The SMILES string of the molecule is COc1ccc(Cl)cc1NC(=O)N1Cc2ccccc2-n2cccc2[C@H]1c1cccs1. The molecule has 1 aliphatic rings. The molecule has 0 radical (unpaired) electrons. The number of hydrogen-bond donors (Lipinski definition) is 1. The van der Waals surface area contributed by atoms with E-state index < -0.39 is 0 Å². The molecule has 0 fully saturated rings. The zero-order valence-electron chi connectivity index (χ0n) is 16.8. The maximum Gasteiger partial charge on any atom is 0.323 e. The van der Waals surface area contributed by atoms with Crippen molar-refractivity contribution in [1.29, 1.82) is 0 Å². The Morgan fingerprint density at radius 2 is 2.00 bits per heavy atom. The van der Waals surface area contributed by atoms with Gasteiger partial charge in [0.1, 0.15) is 11.8 Å². The number of fused-ring (bicyclic) bond motifs is 3. The highest BCUT2D eigenvalue weighted by Gasteiger charge is 2.33. The van der Waals surface area contributed by atoms with Crippen molar-refractivity contribution >= 4 is 34.7 Å². The van der Waals surface area contributed by atoms with E-state index in [4.69, 9.17) is 16.3 Å². The average Bonchev–Trinajstić information content (AvgIpc) is 3.45. The number of carbonyl (C=O) groups is 1. The number of thiophene rings is 1. The second kappa shape index (κ2) is 8.13. The maximum absolute atomic E-state index is 13.7.